The second-order valence-electron chi connectivity index (χ2n) is 4.40. The summed E-state index contributed by atoms with van der Waals surface area (Å²) in [6.07, 6.45) is 1.66. The standard InChI is InChI=1S/C16H19N3O2/c1-2-21-14-9-6-10-17-16(14)19-12-15(20)18-11-13-7-4-3-5-8-13/h3-10H,2,11-12H2,1H3,(H,17,19)(H,18,20). The first-order valence-electron chi connectivity index (χ1n) is 6.92. The molecule has 0 spiro atoms. The number of pyridine rings is 1. The lowest BCUT2D eigenvalue weighted by Crippen LogP contribution is -2.29. The predicted molar refractivity (Wildman–Crippen MR) is 82.2 cm³/mol. The van der Waals surface area contributed by atoms with E-state index in [1.807, 2.05) is 43.3 Å². The maximum atomic E-state index is 11.8. The van der Waals surface area contributed by atoms with Crippen molar-refractivity contribution in [3.63, 3.8) is 0 Å². The van der Waals surface area contributed by atoms with E-state index in [0.717, 1.165) is 5.56 Å². The first-order valence-corrected chi connectivity index (χ1v) is 6.92. The quantitative estimate of drug-likeness (QED) is 0.818. The van der Waals surface area contributed by atoms with E-state index in [4.69, 9.17) is 4.74 Å². The summed E-state index contributed by atoms with van der Waals surface area (Å²) < 4.78 is 5.44. The summed E-state index contributed by atoms with van der Waals surface area (Å²) in [6, 6.07) is 13.4. The van der Waals surface area contributed by atoms with Crippen molar-refractivity contribution < 1.29 is 9.53 Å². The van der Waals surface area contributed by atoms with E-state index in [-0.39, 0.29) is 12.5 Å². The lowest BCUT2D eigenvalue weighted by molar-refractivity contribution is -0.119. The molecular weight excluding hydrogens is 266 g/mol. The Morgan fingerprint density at radius 3 is 2.76 bits per heavy atom. The van der Waals surface area contributed by atoms with Crippen LogP contribution in [0, 0.1) is 0 Å². The molecule has 2 N–H and O–H groups in total. The Labute approximate surface area is 124 Å². The van der Waals surface area contributed by atoms with E-state index in [9.17, 15) is 4.79 Å². The minimum atomic E-state index is -0.0908. The molecule has 1 amide bonds. The SMILES string of the molecule is CCOc1cccnc1NCC(=O)NCc1ccccc1. The molecule has 110 valence electrons. The van der Waals surface area contributed by atoms with Crippen LogP contribution in [-0.4, -0.2) is 24.0 Å². The van der Waals surface area contributed by atoms with Crippen molar-refractivity contribution in [1.29, 1.82) is 0 Å². The zero-order valence-electron chi connectivity index (χ0n) is 12.0. The van der Waals surface area contributed by atoms with Crippen LogP contribution in [0.15, 0.2) is 48.7 Å². The van der Waals surface area contributed by atoms with Gasteiger partial charge in [-0.1, -0.05) is 30.3 Å². The molecule has 5 heteroatoms. The van der Waals surface area contributed by atoms with E-state index in [2.05, 4.69) is 15.6 Å². The van der Waals surface area contributed by atoms with Gasteiger partial charge in [0, 0.05) is 12.7 Å². The topological polar surface area (TPSA) is 63.2 Å². The smallest absolute Gasteiger partial charge is 0.239 e. The maximum absolute atomic E-state index is 11.8. The molecule has 0 radical (unpaired) electrons. The van der Waals surface area contributed by atoms with Crippen molar-refractivity contribution in [2.75, 3.05) is 18.5 Å². The normalized spacial score (nSPS) is 9.95. The number of rotatable bonds is 7. The van der Waals surface area contributed by atoms with E-state index in [1.165, 1.54) is 0 Å². The molecule has 2 rings (SSSR count). The van der Waals surface area contributed by atoms with Crippen LogP contribution in [-0.2, 0) is 11.3 Å². The van der Waals surface area contributed by atoms with Crippen LogP contribution in [0.3, 0.4) is 0 Å². The lowest BCUT2D eigenvalue weighted by atomic mass is 10.2. The lowest BCUT2D eigenvalue weighted by Gasteiger charge is -2.11. The molecule has 1 aromatic carbocycles. The predicted octanol–water partition coefficient (Wildman–Crippen LogP) is 2.21. The van der Waals surface area contributed by atoms with Gasteiger partial charge in [0.05, 0.1) is 13.2 Å². The minimum Gasteiger partial charge on any atom is -0.490 e. The number of aromatic nitrogens is 1. The summed E-state index contributed by atoms with van der Waals surface area (Å²) in [5.74, 6) is 1.14. The Balaban J connectivity index is 1.81. The number of hydrogen-bond donors (Lipinski definition) is 2. The molecule has 0 unspecified atom stereocenters. The Morgan fingerprint density at radius 1 is 1.19 bits per heavy atom. The van der Waals surface area contributed by atoms with Crippen molar-refractivity contribution in [3.8, 4) is 5.75 Å². The van der Waals surface area contributed by atoms with Gasteiger partial charge in [-0.3, -0.25) is 4.79 Å². The first kappa shape index (κ1) is 14.8. The van der Waals surface area contributed by atoms with Gasteiger partial charge in [0.25, 0.3) is 0 Å². The number of ether oxygens (including phenoxy) is 1. The number of hydrogen-bond acceptors (Lipinski definition) is 4. The summed E-state index contributed by atoms with van der Waals surface area (Å²) in [7, 11) is 0. The van der Waals surface area contributed by atoms with Crippen molar-refractivity contribution in [3.05, 3.63) is 54.2 Å². The zero-order valence-corrected chi connectivity index (χ0v) is 12.0. The Bertz CT molecular complexity index is 573. The summed E-state index contributed by atoms with van der Waals surface area (Å²) in [5, 5.41) is 5.84. The molecule has 1 aromatic heterocycles. The number of anilines is 1. The third-order valence-corrected chi connectivity index (χ3v) is 2.82. The van der Waals surface area contributed by atoms with Gasteiger partial charge in [0.2, 0.25) is 5.91 Å². The number of carbonyl (C=O) groups is 1. The third-order valence-electron chi connectivity index (χ3n) is 2.82. The molecule has 0 bridgehead atoms. The van der Waals surface area contributed by atoms with Crippen molar-refractivity contribution in [1.82, 2.24) is 10.3 Å². The number of carbonyl (C=O) groups excluding carboxylic acids is 1. The van der Waals surface area contributed by atoms with Gasteiger partial charge in [-0.2, -0.15) is 0 Å². The average molecular weight is 285 g/mol. The van der Waals surface area contributed by atoms with Crippen LogP contribution in [0.4, 0.5) is 5.82 Å². The fraction of sp³-hybridized carbons (Fsp3) is 0.250. The van der Waals surface area contributed by atoms with E-state index in [0.29, 0.717) is 24.7 Å². The van der Waals surface area contributed by atoms with Crippen LogP contribution in [0.2, 0.25) is 0 Å². The van der Waals surface area contributed by atoms with Gasteiger partial charge >= 0.3 is 0 Å². The summed E-state index contributed by atoms with van der Waals surface area (Å²) in [5.41, 5.74) is 1.07. The van der Waals surface area contributed by atoms with Gasteiger partial charge in [-0.15, -0.1) is 0 Å². The van der Waals surface area contributed by atoms with Crippen LogP contribution in [0.5, 0.6) is 5.75 Å². The van der Waals surface area contributed by atoms with Crippen LogP contribution < -0.4 is 15.4 Å². The number of nitrogens with one attached hydrogen (secondary N) is 2. The van der Waals surface area contributed by atoms with Crippen molar-refractivity contribution in [2.45, 2.75) is 13.5 Å². The Morgan fingerprint density at radius 2 is 2.00 bits per heavy atom. The summed E-state index contributed by atoms with van der Waals surface area (Å²) in [4.78, 5) is 16.0. The largest absolute Gasteiger partial charge is 0.490 e. The second-order valence-corrected chi connectivity index (χ2v) is 4.40. The summed E-state index contributed by atoms with van der Waals surface area (Å²) >= 11 is 0. The van der Waals surface area contributed by atoms with Crippen LogP contribution >= 0.6 is 0 Å². The van der Waals surface area contributed by atoms with E-state index < -0.39 is 0 Å². The highest BCUT2D eigenvalue weighted by atomic mass is 16.5. The van der Waals surface area contributed by atoms with Gasteiger partial charge in [0.15, 0.2) is 11.6 Å². The fourth-order valence-electron chi connectivity index (χ4n) is 1.82. The average Bonchev–Trinajstić information content (AvgIpc) is 2.53. The highest BCUT2D eigenvalue weighted by Gasteiger charge is 2.06. The molecule has 0 aliphatic heterocycles. The van der Waals surface area contributed by atoms with Crippen LogP contribution in [0.1, 0.15) is 12.5 Å². The van der Waals surface area contributed by atoms with Gasteiger partial charge in [0.1, 0.15) is 0 Å². The minimum absolute atomic E-state index is 0.0908. The fourth-order valence-corrected chi connectivity index (χ4v) is 1.82. The Hall–Kier alpha value is -2.56. The molecule has 0 aliphatic rings. The molecule has 2 aromatic rings. The molecule has 0 saturated heterocycles. The maximum Gasteiger partial charge on any atom is 0.239 e. The molecule has 0 saturated carbocycles. The van der Waals surface area contributed by atoms with Gasteiger partial charge in [-0.25, -0.2) is 4.98 Å². The highest BCUT2D eigenvalue weighted by Crippen LogP contribution is 2.20. The molecule has 0 fully saturated rings. The van der Waals surface area contributed by atoms with Gasteiger partial charge in [-0.05, 0) is 24.6 Å². The number of nitrogens with zero attached hydrogens (tertiary/aromatic N) is 1. The first-order chi connectivity index (χ1) is 10.3. The zero-order chi connectivity index (χ0) is 14.9. The number of benzene rings is 1. The van der Waals surface area contributed by atoms with E-state index >= 15 is 0 Å². The van der Waals surface area contributed by atoms with Gasteiger partial charge < -0.3 is 15.4 Å². The molecule has 21 heavy (non-hydrogen) atoms. The second kappa shape index (κ2) is 7.89. The van der Waals surface area contributed by atoms with Crippen molar-refractivity contribution >= 4 is 11.7 Å². The molecule has 0 atom stereocenters. The molecule has 0 aliphatic carbocycles. The summed E-state index contributed by atoms with van der Waals surface area (Å²) in [6.45, 7) is 3.13. The molecule has 5 nitrogen and oxygen atoms in total. The highest BCUT2D eigenvalue weighted by molar-refractivity contribution is 5.80. The third kappa shape index (κ3) is 4.80. The Kier molecular flexibility index (Phi) is 5.58. The molecular formula is C16H19N3O2. The van der Waals surface area contributed by atoms with Crippen LogP contribution in [0.25, 0.3) is 0 Å². The molecule has 1 heterocycles. The number of amides is 1. The monoisotopic (exact) mass is 285 g/mol. The van der Waals surface area contributed by atoms with Crippen molar-refractivity contribution in [2.24, 2.45) is 0 Å². The van der Waals surface area contributed by atoms with E-state index in [1.54, 1.807) is 12.3 Å².